The van der Waals surface area contributed by atoms with E-state index in [1.54, 1.807) is 7.11 Å². The molecule has 1 unspecified atom stereocenters. The number of nitrogens with one attached hydrogen (secondary N) is 1. The van der Waals surface area contributed by atoms with Crippen molar-refractivity contribution in [2.45, 2.75) is 38.1 Å². The van der Waals surface area contributed by atoms with E-state index in [0.717, 1.165) is 25.1 Å². The molecular formula is C17H20N2OS. The average Bonchev–Trinajstić information content (AvgIpc) is 2.99. The molecule has 1 N–H and O–H groups in total. The van der Waals surface area contributed by atoms with E-state index < -0.39 is 0 Å². The number of ether oxygens (including phenoxy) is 1. The molecule has 1 atom stereocenters. The standard InChI is InChI=1S/C17H20N2OS/c1-20-12-6-7-13-11(10-12)5-8-15-16(13)19-17(21-15)14-4-2-3-9-18-14/h6-7,10,14,18H,2-5,8-9H2,1H3. The van der Waals surface area contributed by atoms with Gasteiger partial charge in [-0.1, -0.05) is 6.42 Å². The van der Waals surface area contributed by atoms with Crippen LogP contribution in [0.3, 0.4) is 0 Å². The van der Waals surface area contributed by atoms with Crippen molar-refractivity contribution in [3.05, 3.63) is 33.6 Å². The molecule has 1 aliphatic heterocycles. The number of methoxy groups -OCH3 is 1. The normalized spacial score (nSPS) is 20.7. The van der Waals surface area contributed by atoms with Gasteiger partial charge in [-0.05, 0) is 56.0 Å². The largest absolute Gasteiger partial charge is 0.497 e. The molecule has 1 aromatic carbocycles. The van der Waals surface area contributed by atoms with E-state index in [0.29, 0.717) is 6.04 Å². The highest BCUT2D eigenvalue weighted by atomic mass is 32.1. The maximum absolute atomic E-state index is 5.34. The molecule has 0 spiro atoms. The molecule has 110 valence electrons. The van der Waals surface area contributed by atoms with Gasteiger partial charge in [0, 0.05) is 10.4 Å². The highest BCUT2D eigenvalue weighted by Crippen LogP contribution is 2.40. The van der Waals surface area contributed by atoms with Crippen molar-refractivity contribution in [2.24, 2.45) is 0 Å². The van der Waals surface area contributed by atoms with Crippen molar-refractivity contribution in [3.8, 4) is 17.0 Å². The maximum Gasteiger partial charge on any atom is 0.119 e. The summed E-state index contributed by atoms with van der Waals surface area (Å²) >= 11 is 1.91. The van der Waals surface area contributed by atoms with Crippen LogP contribution in [-0.2, 0) is 12.8 Å². The minimum absolute atomic E-state index is 0.469. The van der Waals surface area contributed by atoms with E-state index in [1.165, 1.54) is 46.0 Å². The van der Waals surface area contributed by atoms with Crippen LogP contribution in [0.4, 0.5) is 0 Å². The summed E-state index contributed by atoms with van der Waals surface area (Å²) in [7, 11) is 1.73. The van der Waals surface area contributed by atoms with Crippen LogP contribution in [0, 0.1) is 0 Å². The zero-order valence-corrected chi connectivity index (χ0v) is 13.1. The summed E-state index contributed by atoms with van der Waals surface area (Å²) in [6.07, 6.45) is 6.04. The number of rotatable bonds is 2. The topological polar surface area (TPSA) is 34.1 Å². The SMILES string of the molecule is COc1ccc2c(c1)CCc1sc(C3CCCCN3)nc1-2. The summed E-state index contributed by atoms with van der Waals surface area (Å²) in [5, 5.41) is 4.90. The van der Waals surface area contributed by atoms with Crippen LogP contribution in [0.2, 0.25) is 0 Å². The first kappa shape index (κ1) is 13.3. The molecule has 1 fully saturated rings. The summed E-state index contributed by atoms with van der Waals surface area (Å²) in [5.74, 6) is 0.946. The lowest BCUT2D eigenvalue weighted by molar-refractivity contribution is 0.411. The lowest BCUT2D eigenvalue weighted by atomic mass is 9.93. The van der Waals surface area contributed by atoms with E-state index in [-0.39, 0.29) is 0 Å². The van der Waals surface area contributed by atoms with E-state index >= 15 is 0 Å². The number of benzene rings is 1. The van der Waals surface area contributed by atoms with Crippen LogP contribution in [0.25, 0.3) is 11.3 Å². The van der Waals surface area contributed by atoms with Gasteiger partial charge in [-0.15, -0.1) is 11.3 Å². The van der Waals surface area contributed by atoms with Crippen molar-refractivity contribution >= 4 is 11.3 Å². The smallest absolute Gasteiger partial charge is 0.119 e. The first-order chi connectivity index (χ1) is 10.3. The van der Waals surface area contributed by atoms with Crippen molar-refractivity contribution in [1.29, 1.82) is 0 Å². The van der Waals surface area contributed by atoms with Gasteiger partial charge in [0.1, 0.15) is 10.8 Å². The van der Waals surface area contributed by atoms with Crippen LogP contribution in [0.5, 0.6) is 5.75 Å². The zero-order chi connectivity index (χ0) is 14.2. The second kappa shape index (κ2) is 5.43. The lowest BCUT2D eigenvalue weighted by Crippen LogP contribution is -2.26. The van der Waals surface area contributed by atoms with Crippen LogP contribution >= 0.6 is 11.3 Å². The number of aromatic nitrogens is 1. The first-order valence-electron chi connectivity index (χ1n) is 7.75. The summed E-state index contributed by atoms with van der Waals surface area (Å²) in [6, 6.07) is 6.85. The molecule has 0 amide bonds. The fourth-order valence-corrected chi connectivity index (χ4v) is 4.53. The van der Waals surface area contributed by atoms with Gasteiger partial charge >= 0.3 is 0 Å². The van der Waals surface area contributed by atoms with Gasteiger partial charge in [-0.2, -0.15) is 0 Å². The number of aryl methyl sites for hydroxylation is 2. The Balaban J connectivity index is 1.71. The molecule has 0 bridgehead atoms. The molecule has 2 aliphatic rings. The molecule has 2 aromatic rings. The fraction of sp³-hybridized carbons (Fsp3) is 0.471. The van der Waals surface area contributed by atoms with Gasteiger partial charge in [0.05, 0.1) is 18.8 Å². The third-order valence-corrected chi connectivity index (χ3v) is 5.74. The Morgan fingerprint density at radius 2 is 2.24 bits per heavy atom. The number of fused-ring (bicyclic) bond motifs is 3. The molecule has 3 nitrogen and oxygen atoms in total. The number of nitrogens with zero attached hydrogens (tertiary/aromatic N) is 1. The second-order valence-electron chi connectivity index (χ2n) is 5.85. The number of thiazole rings is 1. The molecule has 0 radical (unpaired) electrons. The van der Waals surface area contributed by atoms with Gasteiger partial charge in [0.2, 0.25) is 0 Å². The van der Waals surface area contributed by atoms with Crippen LogP contribution in [0.1, 0.15) is 40.8 Å². The Morgan fingerprint density at radius 1 is 1.29 bits per heavy atom. The summed E-state index contributed by atoms with van der Waals surface area (Å²) in [6.45, 7) is 1.13. The highest BCUT2D eigenvalue weighted by molar-refractivity contribution is 7.12. The molecule has 0 saturated carbocycles. The quantitative estimate of drug-likeness (QED) is 0.917. The van der Waals surface area contributed by atoms with E-state index in [4.69, 9.17) is 9.72 Å². The van der Waals surface area contributed by atoms with Gasteiger partial charge in [0.25, 0.3) is 0 Å². The molecule has 1 saturated heterocycles. The van der Waals surface area contributed by atoms with E-state index in [1.807, 2.05) is 17.4 Å². The average molecular weight is 300 g/mol. The molecule has 4 heteroatoms. The molecule has 4 rings (SSSR count). The molecule has 1 aliphatic carbocycles. The molecule has 2 heterocycles. The monoisotopic (exact) mass is 300 g/mol. The zero-order valence-electron chi connectivity index (χ0n) is 12.3. The van der Waals surface area contributed by atoms with Crippen LogP contribution in [-0.4, -0.2) is 18.6 Å². The minimum atomic E-state index is 0.469. The molecule has 1 aromatic heterocycles. The third kappa shape index (κ3) is 2.36. The lowest BCUT2D eigenvalue weighted by Gasteiger charge is -2.21. The number of piperidine rings is 1. The van der Waals surface area contributed by atoms with Crippen molar-refractivity contribution in [1.82, 2.24) is 10.3 Å². The fourth-order valence-electron chi connectivity index (χ4n) is 3.34. The van der Waals surface area contributed by atoms with Crippen LogP contribution in [0.15, 0.2) is 18.2 Å². The Kier molecular flexibility index (Phi) is 3.43. The summed E-state index contributed by atoms with van der Waals surface area (Å²) in [4.78, 5) is 6.44. The van der Waals surface area contributed by atoms with Gasteiger partial charge in [-0.25, -0.2) is 4.98 Å². The Bertz CT molecular complexity index is 659. The van der Waals surface area contributed by atoms with Crippen molar-refractivity contribution in [3.63, 3.8) is 0 Å². The number of hydrogen-bond donors (Lipinski definition) is 1. The Labute approximate surface area is 129 Å². The van der Waals surface area contributed by atoms with Crippen LogP contribution < -0.4 is 10.1 Å². The first-order valence-corrected chi connectivity index (χ1v) is 8.57. The van der Waals surface area contributed by atoms with Crippen molar-refractivity contribution in [2.75, 3.05) is 13.7 Å². The Morgan fingerprint density at radius 3 is 3.05 bits per heavy atom. The summed E-state index contributed by atoms with van der Waals surface area (Å²) < 4.78 is 5.34. The number of hydrogen-bond acceptors (Lipinski definition) is 4. The van der Waals surface area contributed by atoms with E-state index in [9.17, 15) is 0 Å². The third-order valence-electron chi connectivity index (χ3n) is 4.51. The predicted octanol–water partition coefficient (Wildman–Crippen LogP) is 3.73. The second-order valence-corrected chi connectivity index (χ2v) is 6.96. The van der Waals surface area contributed by atoms with Gasteiger partial charge in [-0.3, -0.25) is 0 Å². The molecular weight excluding hydrogens is 280 g/mol. The molecule has 21 heavy (non-hydrogen) atoms. The van der Waals surface area contributed by atoms with Gasteiger partial charge < -0.3 is 10.1 Å². The minimum Gasteiger partial charge on any atom is -0.497 e. The summed E-state index contributed by atoms with van der Waals surface area (Å²) in [5.41, 5.74) is 3.89. The van der Waals surface area contributed by atoms with E-state index in [2.05, 4.69) is 17.4 Å². The maximum atomic E-state index is 5.34. The predicted molar refractivity (Wildman–Crippen MR) is 86.1 cm³/mol. The van der Waals surface area contributed by atoms with Gasteiger partial charge in [0.15, 0.2) is 0 Å². The Hall–Kier alpha value is -1.39. The van der Waals surface area contributed by atoms with Crippen molar-refractivity contribution < 1.29 is 4.74 Å². The highest BCUT2D eigenvalue weighted by Gasteiger charge is 2.25.